The van der Waals surface area contributed by atoms with E-state index in [9.17, 15) is 18.0 Å². The van der Waals surface area contributed by atoms with Crippen molar-refractivity contribution in [2.75, 3.05) is 25.5 Å². The van der Waals surface area contributed by atoms with Gasteiger partial charge < -0.3 is 10.6 Å². The number of nitrogens with zero attached hydrogens (tertiary/aromatic N) is 1. The number of hydrogen-bond donors (Lipinski definition) is 2. The van der Waals surface area contributed by atoms with Crippen LogP contribution in [0.15, 0.2) is 23.1 Å². The highest BCUT2D eigenvalue weighted by molar-refractivity contribution is 7.89. The summed E-state index contributed by atoms with van der Waals surface area (Å²) in [6, 6.07) is 4.65. The molecule has 1 aromatic carbocycles. The Morgan fingerprint density at radius 2 is 2.04 bits per heavy atom. The molecule has 0 fully saturated rings. The minimum atomic E-state index is -3.78. The second kappa shape index (κ2) is 10.0. The monoisotopic (exact) mass is 409 g/mol. The van der Waals surface area contributed by atoms with Crippen molar-refractivity contribution < 1.29 is 18.0 Å². The number of anilines is 1. The fourth-order valence-corrected chi connectivity index (χ4v) is 4.42. The first-order valence-corrected chi connectivity index (χ1v) is 11.4. The molecule has 7 nitrogen and oxygen atoms in total. The van der Waals surface area contributed by atoms with Gasteiger partial charge >= 0.3 is 0 Å². The van der Waals surface area contributed by atoms with E-state index in [0.717, 1.165) is 35.6 Å². The van der Waals surface area contributed by atoms with Gasteiger partial charge in [0.15, 0.2) is 0 Å². The number of nitrogens with one attached hydrogen (secondary N) is 2. The fourth-order valence-electron chi connectivity index (χ4n) is 3.24. The number of fused-ring (bicyclic) bond motifs is 1. The van der Waals surface area contributed by atoms with Crippen LogP contribution in [0.5, 0.6) is 0 Å². The molecule has 1 heterocycles. The molecule has 0 spiro atoms. The van der Waals surface area contributed by atoms with Gasteiger partial charge in [0.1, 0.15) is 0 Å². The Balaban J connectivity index is 1.98. The van der Waals surface area contributed by atoms with Gasteiger partial charge in [0.25, 0.3) is 0 Å². The zero-order valence-electron chi connectivity index (χ0n) is 17.0. The third-order valence-electron chi connectivity index (χ3n) is 5.18. The third kappa shape index (κ3) is 5.78. The molecule has 28 heavy (non-hydrogen) atoms. The van der Waals surface area contributed by atoms with Gasteiger partial charge in [-0.2, -0.15) is 4.31 Å². The number of likely N-dealkylation sites (N-methyl/N-ethyl adjacent to an activating group) is 1. The van der Waals surface area contributed by atoms with Crippen molar-refractivity contribution in [2.24, 2.45) is 5.92 Å². The molecule has 0 bridgehead atoms. The molecule has 156 valence electrons. The number of carbonyl (C=O) groups is 2. The van der Waals surface area contributed by atoms with Crippen molar-refractivity contribution in [3.8, 4) is 0 Å². The maximum atomic E-state index is 12.8. The lowest BCUT2D eigenvalue weighted by Crippen LogP contribution is -2.40. The topological polar surface area (TPSA) is 95.6 Å². The summed E-state index contributed by atoms with van der Waals surface area (Å²) in [4.78, 5) is 23.8. The van der Waals surface area contributed by atoms with E-state index in [1.54, 1.807) is 12.1 Å². The molecule has 0 aliphatic carbocycles. The summed E-state index contributed by atoms with van der Waals surface area (Å²) < 4.78 is 26.7. The van der Waals surface area contributed by atoms with Crippen LogP contribution in [-0.4, -0.2) is 44.7 Å². The normalized spacial score (nSPS) is 15.1. The Labute approximate surface area is 167 Å². The summed E-state index contributed by atoms with van der Waals surface area (Å²) in [7, 11) is -2.37. The summed E-state index contributed by atoms with van der Waals surface area (Å²) in [5.41, 5.74) is 1.44. The zero-order valence-corrected chi connectivity index (χ0v) is 17.8. The smallest absolute Gasteiger partial charge is 0.243 e. The minimum Gasteiger partial charge on any atom is -0.355 e. The molecule has 2 rings (SSSR count). The van der Waals surface area contributed by atoms with Gasteiger partial charge in [0, 0.05) is 25.7 Å². The van der Waals surface area contributed by atoms with E-state index in [-0.39, 0.29) is 23.3 Å². The van der Waals surface area contributed by atoms with Gasteiger partial charge in [-0.1, -0.05) is 33.1 Å². The van der Waals surface area contributed by atoms with E-state index < -0.39 is 10.0 Å². The molecule has 1 atom stereocenters. The van der Waals surface area contributed by atoms with Crippen LogP contribution in [0, 0.1) is 5.92 Å². The number of hydrogen-bond acceptors (Lipinski definition) is 4. The molecule has 0 saturated heterocycles. The quantitative estimate of drug-likeness (QED) is 0.621. The molecule has 0 aromatic heterocycles. The predicted octanol–water partition coefficient (Wildman–Crippen LogP) is 2.52. The highest BCUT2D eigenvalue weighted by Crippen LogP contribution is 2.26. The number of amides is 2. The Morgan fingerprint density at radius 1 is 1.29 bits per heavy atom. The fraction of sp³-hybridized carbons (Fsp3) is 0.600. The summed E-state index contributed by atoms with van der Waals surface area (Å²) in [6.45, 7) is 4.59. The van der Waals surface area contributed by atoms with Gasteiger partial charge in [0.2, 0.25) is 21.8 Å². The van der Waals surface area contributed by atoms with Crippen LogP contribution in [0.3, 0.4) is 0 Å². The van der Waals surface area contributed by atoms with Gasteiger partial charge in [-0.15, -0.1) is 0 Å². The van der Waals surface area contributed by atoms with E-state index in [1.807, 2.05) is 0 Å². The van der Waals surface area contributed by atoms with Crippen LogP contribution < -0.4 is 10.6 Å². The van der Waals surface area contributed by atoms with E-state index in [2.05, 4.69) is 24.5 Å². The highest BCUT2D eigenvalue weighted by Gasteiger charge is 2.25. The Bertz CT molecular complexity index is 808. The molecule has 0 radical (unpaired) electrons. The lowest BCUT2D eigenvalue weighted by Gasteiger charge is -2.21. The number of rotatable bonds is 10. The predicted molar refractivity (Wildman–Crippen MR) is 110 cm³/mol. The second-order valence-corrected chi connectivity index (χ2v) is 9.39. The molecular weight excluding hydrogens is 378 g/mol. The summed E-state index contributed by atoms with van der Waals surface area (Å²) in [6.07, 6.45) is 5.14. The maximum Gasteiger partial charge on any atom is 0.243 e. The van der Waals surface area contributed by atoms with Gasteiger partial charge in [0.05, 0.1) is 11.4 Å². The molecule has 8 heteroatoms. The molecule has 0 saturated carbocycles. The van der Waals surface area contributed by atoms with Crippen LogP contribution in [-0.2, 0) is 26.0 Å². The average Bonchev–Trinajstić information content (AvgIpc) is 2.67. The number of benzene rings is 1. The van der Waals surface area contributed by atoms with Crippen molar-refractivity contribution in [3.63, 3.8) is 0 Å². The average molecular weight is 410 g/mol. The van der Waals surface area contributed by atoms with Crippen LogP contribution in [0.1, 0.15) is 51.5 Å². The molecule has 1 unspecified atom stereocenters. The molecule has 2 amide bonds. The highest BCUT2D eigenvalue weighted by atomic mass is 32.2. The van der Waals surface area contributed by atoms with E-state index in [0.29, 0.717) is 31.0 Å². The van der Waals surface area contributed by atoms with Crippen molar-refractivity contribution in [2.45, 2.75) is 57.3 Å². The Morgan fingerprint density at radius 3 is 2.71 bits per heavy atom. The van der Waals surface area contributed by atoms with Crippen LogP contribution in [0.25, 0.3) is 0 Å². The van der Waals surface area contributed by atoms with Crippen LogP contribution in [0.4, 0.5) is 5.69 Å². The molecule has 2 N–H and O–H groups in total. The summed E-state index contributed by atoms with van der Waals surface area (Å²) in [5, 5.41) is 5.60. The largest absolute Gasteiger partial charge is 0.355 e. The first-order valence-electron chi connectivity index (χ1n) is 9.93. The van der Waals surface area contributed by atoms with E-state index >= 15 is 0 Å². The van der Waals surface area contributed by atoms with Crippen molar-refractivity contribution >= 4 is 27.5 Å². The zero-order chi connectivity index (χ0) is 20.7. The lowest BCUT2D eigenvalue weighted by atomic mass is 9.99. The Hall–Kier alpha value is -1.93. The minimum absolute atomic E-state index is 0.0683. The van der Waals surface area contributed by atoms with Gasteiger partial charge in [-0.3, -0.25) is 9.59 Å². The maximum absolute atomic E-state index is 12.8. The SMILES string of the molecule is CCCCC(CC)CNC(=O)CN(C)S(=O)(=O)c1ccc2c(c1)CCC(=O)N2. The summed E-state index contributed by atoms with van der Waals surface area (Å²) >= 11 is 0. The van der Waals surface area contributed by atoms with Gasteiger partial charge in [-0.25, -0.2) is 8.42 Å². The number of unbranched alkanes of at least 4 members (excludes halogenated alkanes) is 1. The molecular formula is C20H31N3O4S. The van der Waals surface area contributed by atoms with Crippen LogP contribution >= 0.6 is 0 Å². The number of aryl methyl sites for hydroxylation is 1. The van der Waals surface area contributed by atoms with Crippen LogP contribution in [0.2, 0.25) is 0 Å². The first-order chi connectivity index (χ1) is 13.3. The molecule has 1 aliphatic rings. The third-order valence-corrected chi connectivity index (χ3v) is 6.98. The molecule has 1 aromatic rings. The number of carbonyl (C=O) groups excluding carboxylic acids is 2. The number of sulfonamides is 1. The summed E-state index contributed by atoms with van der Waals surface area (Å²) in [5.74, 6) is 0.0501. The second-order valence-electron chi connectivity index (χ2n) is 7.35. The standard InChI is InChI=1S/C20H31N3O4S/c1-4-6-7-15(5-2)13-21-20(25)14-23(3)28(26,27)17-9-10-18-16(12-17)8-11-19(24)22-18/h9-10,12,15H,4-8,11,13-14H2,1-3H3,(H,21,25)(H,22,24). The van der Waals surface area contributed by atoms with Gasteiger partial charge in [-0.05, 0) is 42.5 Å². The van der Waals surface area contributed by atoms with Crippen molar-refractivity contribution in [1.29, 1.82) is 0 Å². The Kier molecular flexibility index (Phi) is 8.00. The lowest BCUT2D eigenvalue weighted by molar-refractivity contribution is -0.121. The van der Waals surface area contributed by atoms with E-state index in [1.165, 1.54) is 13.1 Å². The van der Waals surface area contributed by atoms with Crippen molar-refractivity contribution in [1.82, 2.24) is 9.62 Å². The molecule has 1 aliphatic heterocycles. The van der Waals surface area contributed by atoms with Crippen molar-refractivity contribution in [3.05, 3.63) is 23.8 Å². The van der Waals surface area contributed by atoms with E-state index in [4.69, 9.17) is 0 Å². The first kappa shape index (κ1) is 22.4.